The van der Waals surface area contributed by atoms with Crippen LogP contribution in [0.25, 0.3) is 10.2 Å². The standard InChI is InChI=1S/C17H15N3O3S2/c1-3-8-19-16(21)15-14(7-9-24-15)18-17(19)25-11(2)12-5-4-6-13(10-12)20(22)23/h3-7,9-11H,1,8H2,2H3. The number of non-ortho nitro benzene ring substituents is 1. The number of fused-ring (bicyclic) bond motifs is 1. The molecule has 128 valence electrons. The van der Waals surface area contributed by atoms with Crippen molar-refractivity contribution in [1.82, 2.24) is 9.55 Å². The van der Waals surface area contributed by atoms with Crippen LogP contribution in [0.15, 0.2) is 58.3 Å². The van der Waals surface area contributed by atoms with E-state index < -0.39 is 4.92 Å². The summed E-state index contributed by atoms with van der Waals surface area (Å²) in [4.78, 5) is 27.8. The lowest BCUT2D eigenvalue weighted by Gasteiger charge is -2.15. The van der Waals surface area contributed by atoms with Crippen molar-refractivity contribution in [2.75, 3.05) is 0 Å². The minimum Gasteiger partial charge on any atom is -0.282 e. The van der Waals surface area contributed by atoms with Crippen LogP contribution in [0.1, 0.15) is 17.7 Å². The van der Waals surface area contributed by atoms with Crippen LogP contribution in [0, 0.1) is 10.1 Å². The van der Waals surface area contributed by atoms with Gasteiger partial charge in [0.1, 0.15) is 4.70 Å². The molecule has 0 fully saturated rings. The van der Waals surface area contributed by atoms with Gasteiger partial charge in [0.2, 0.25) is 0 Å². The van der Waals surface area contributed by atoms with Crippen LogP contribution >= 0.6 is 23.1 Å². The van der Waals surface area contributed by atoms with E-state index in [0.29, 0.717) is 21.9 Å². The lowest BCUT2D eigenvalue weighted by molar-refractivity contribution is -0.384. The first-order chi connectivity index (χ1) is 12.0. The first-order valence-corrected chi connectivity index (χ1v) is 9.27. The molecule has 0 N–H and O–H groups in total. The SMILES string of the molecule is C=CCn1c(SC(C)c2cccc([N+](=O)[O-])c2)nc2ccsc2c1=O. The molecule has 0 aliphatic rings. The first kappa shape index (κ1) is 17.4. The number of benzene rings is 1. The number of rotatable bonds is 6. The van der Waals surface area contributed by atoms with E-state index in [1.165, 1.54) is 29.2 Å². The minimum absolute atomic E-state index is 0.0506. The number of allylic oxidation sites excluding steroid dienone is 1. The Morgan fingerprint density at radius 3 is 3.00 bits per heavy atom. The molecule has 0 bridgehead atoms. The Hall–Kier alpha value is -2.45. The van der Waals surface area contributed by atoms with Gasteiger partial charge in [0.25, 0.3) is 11.2 Å². The van der Waals surface area contributed by atoms with Crippen molar-refractivity contribution in [3.8, 4) is 0 Å². The van der Waals surface area contributed by atoms with Gasteiger partial charge in [-0.3, -0.25) is 19.5 Å². The summed E-state index contributed by atoms with van der Waals surface area (Å²) >= 11 is 2.77. The third kappa shape index (κ3) is 3.49. The van der Waals surface area contributed by atoms with Gasteiger partial charge < -0.3 is 0 Å². The smallest absolute Gasteiger partial charge is 0.272 e. The summed E-state index contributed by atoms with van der Waals surface area (Å²) in [5.41, 5.74) is 1.44. The second kappa shape index (κ2) is 7.20. The molecule has 8 heteroatoms. The molecule has 1 aromatic carbocycles. The summed E-state index contributed by atoms with van der Waals surface area (Å²) in [5.74, 6) is 0. The highest BCUT2D eigenvalue weighted by atomic mass is 32.2. The molecule has 0 saturated heterocycles. The molecule has 25 heavy (non-hydrogen) atoms. The summed E-state index contributed by atoms with van der Waals surface area (Å²) in [6.07, 6.45) is 1.66. The largest absolute Gasteiger partial charge is 0.282 e. The van der Waals surface area contributed by atoms with E-state index in [9.17, 15) is 14.9 Å². The van der Waals surface area contributed by atoms with Crippen LogP contribution in [0.3, 0.4) is 0 Å². The third-order valence-corrected chi connectivity index (χ3v) is 5.71. The van der Waals surface area contributed by atoms with E-state index in [1.54, 1.807) is 22.8 Å². The van der Waals surface area contributed by atoms with Crippen LogP contribution < -0.4 is 5.56 Å². The zero-order valence-electron chi connectivity index (χ0n) is 13.4. The molecule has 0 aliphatic carbocycles. The molecule has 0 aliphatic heterocycles. The molecule has 2 aromatic heterocycles. The number of thioether (sulfide) groups is 1. The molecule has 0 spiro atoms. The van der Waals surface area contributed by atoms with E-state index in [4.69, 9.17) is 0 Å². The fourth-order valence-corrected chi connectivity index (χ4v) is 4.23. The quantitative estimate of drug-likeness (QED) is 0.210. The van der Waals surface area contributed by atoms with Crippen molar-refractivity contribution in [2.45, 2.75) is 23.9 Å². The molecule has 1 unspecified atom stereocenters. The topological polar surface area (TPSA) is 78.0 Å². The number of hydrogen-bond acceptors (Lipinski definition) is 6. The Morgan fingerprint density at radius 2 is 2.28 bits per heavy atom. The van der Waals surface area contributed by atoms with Crippen molar-refractivity contribution in [2.24, 2.45) is 0 Å². The predicted octanol–water partition coefficient (Wildman–Crippen LogP) is 4.41. The molecule has 1 atom stereocenters. The van der Waals surface area contributed by atoms with Crippen LogP contribution in [0.4, 0.5) is 5.69 Å². The van der Waals surface area contributed by atoms with Crippen molar-refractivity contribution < 1.29 is 4.92 Å². The van der Waals surface area contributed by atoms with Crippen LogP contribution in [-0.4, -0.2) is 14.5 Å². The lowest BCUT2D eigenvalue weighted by Crippen LogP contribution is -2.22. The average Bonchev–Trinajstić information content (AvgIpc) is 3.07. The zero-order chi connectivity index (χ0) is 18.0. The van der Waals surface area contributed by atoms with Gasteiger partial charge in [-0.15, -0.1) is 17.9 Å². The van der Waals surface area contributed by atoms with Crippen molar-refractivity contribution in [1.29, 1.82) is 0 Å². The maximum Gasteiger partial charge on any atom is 0.272 e. The Labute approximate surface area is 152 Å². The van der Waals surface area contributed by atoms with Gasteiger partial charge in [0, 0.05) is 23.9 Å². The highest BCUT2D eigenvalue weighted by Crippen LogP contribution is 2.35. The van der Waals surface area contributed by atoms with E-state index in [1.807, 2.05) is 24.4 Å². The second-order valence-electron chi connectivity index (χ2n) is 5.35. The lowest BCUT2D eigenvalue weighted by atomic mass is 10.1. The molecule has 0 amide bonds. The normalized spacial score (nSPS) is 12.2. The molecule has 2 heterocycles. The van der Waals surface area contributed by atoms with E-state index in [-0.39, 0.29) is 16.5 Å². The van der Waals surface area contributed by atoms with Gasteiger partial charge in [0.15, 0.2) is 5.16 Å². The van der Waals surface area contributed by atoms with Gasteiger partial charge in [-0.25, -0.2) is 4.98 Å². The minimum atomic E-state index is -0.413. The Morgan fingerprint density at radius 1 is 1.48 bits per heavy atom. The average molecular weight is 373 g/mol. The van der Waals surface area contributed by atoms with E-state index in [0.717, 1.165) is 5.56 Å². The molecule has 6 nitrogen and oxygen atoms in total. The highest BCUT2D eigenvalue weighted by Gasteiger charge is 2.17. The highest BCUT2D eigenvalue weighted by molar-refractivity contribution is 7.99. The Balaban J connectivity index is 2.00. The molecule has 3 aromatic rings. The number of thiophene rings is 1. The van der Waals surface area contributed by atoms with E-state index in [2.05, 4.69) is 11.6 Å². The summed E-state index contributed by atoms with van der Waals surface area (Å²) in [5, 5.41) is 13.3. The van der Waals surface area contributed by atoms with Gasteiger partial charge in [-0.05, 0) is 23.9 Å². The molecular weight excluding hydrogens is 358 g/mol. The van der Waals surface area contributed by atoms with Crippen molar-refractivity contribution >= 4 is 39.0 Å². The third-order valence-electron chi connectivity index (χ3n) is 3.68. The van der Waals surface area contributed by atoms with Crippen LogP contribution in [0.5, 0.6) is 0 Å². The summed E-state index contributed by atoms with van der Waals surface area (Å²) < 4.78 is 2.21. The maximum atomic E-state index is 12.6. The van der Waals surface area contributed by atoms with Gasteiger partial charge in [0.05, 0.1) is 10.4 Å². The van der Waals surface area contributed by atoms with Gasteiger partial charge in [-0.1, -0.05) is 30.0 Å². The predicted molar refractivity (Wildman–Crippen MR) is 101 cm³/mol. The van der Waals surface area contributed by atoms with Crippen molar-refractivity contribution in [3.05, 3.63) is 74.4 Å². The molecule has 0 radical (unpaired) electrons. The molecule has 0 saturated carbocycles. The molecule has 3 rings (SSSR count). The fraction of sp³-hybridized carbons (Fsp3) is 0.176. The molecular formula is C17H15N3O3S2. The first-order valence-electron chi connectivity index (χ1n) is 7.51. The monoisotopic (exact) mass is 373 g/mol. The fourth-order valence-electron chi connectivity index (χ4n) is 2.42. The number of aromatic nitrogens is 2. The Kier molecular flexibility index (Phi) is 5.00. The second-order valence-corrected chi connectivity index (χ2v) is 7.57. The maximum absolute atomic E-state index is 12.6. The number of nitrogens with zero attached hydrogens (tertiary/aromatic N) is 3. The van der Waals surface area contributed by atoms with E-state index >= 15 is 0 Å². The van der Waals surface area contributed by atoms with Crippen molar-refractivity contribution in [3.63, 3.8) is 0 Å². The summed E-state index contributed by atoms with van der Waals surface area (Å²) in [6, 6.07) is 8.34. The number of nitro benzene ring substituents is 1. The van der Waals surface area contributed by atoms with Gasteiger partial charge >= 0.3 is 0 Å². The summed E-state index contributed by atoms with van der Waals surface area (Å²) in [7, 11) is 0. The Bertz CT molecular complexity index is 1010. The van der Waals surface area contributed by atoms with Crippen LogP contribution in [-0.2, 0) is 6.54 Å². The number of nitro groups is 1. The number of hydrogen-bond donors (Lipinski definition) is 0. The summed E-state index contributed by atoms with van der Waals surface area (Å²) in [6.45, 7) is 6.01. The zero-order valence-corrected chi connectivity index (χ0v) is 15.0. The van der Waals surface area contributed by atoms with Crippen LogP contribution in [0.2, 0.25) is 0 Å². The van der Waals surface area contributed by atoms with Gasteiger partial charge in [-0.2, -0.15) is 0 Å².